The van der Waals surface area contributed by atoms with Crippen LogP contribution in [0.1, 0.15) is 115 Å². The molecule has 0 aliphatic heterocycles. The summed E-state index contributed by atoms with van der Waals surface area (Å²) in [7, 11) is 0. The average Bonchev–Trinajstić information content (AvgIpc) is 2.68. The van der Waals surface area contributed by atoms with E-state index in [1.807, 2.05) is 0 Å². The summed E-state index contributed by atoms with van der Waals surface area (Å²) in [6.07, 6.45) is 23.0. The smallest absolute Gasteiger partial charge is 0.0205 e. The maximum atomic E-state index is 3.55. The molecule has 0 amide bonds. The second kappa shape index (κ2) is 19.0. The molecule has 1 aromatic rings. The van der Waals surface area contributed by atoms with Crippen LogP contribution in [0.3, 0.4) is 0 Å². The van der Waals surface area contributed by atoms with E-state index in [0.717, 1.165) is 13.1 Å². The number of unbranched alkanes of at least 4 members (excludes halogenated alkanes) is 15. The lowest BCUT2D eigenvalue weighted by atomic mass is 10.0. The summed E-state index contributed by atoms with van der Waals surface area (Å²) >= 11 is 0. The zero-order valence-electron chi connectivity index (χ0n) is 17.6. The maximum absolute atomic E-state index is 3.55. The predicted molar refractivity (Wildman–Crippen MR) is 118 cm³/mol. The van der Waals surface area contributed by atoms with E-state index in [2.05, 4.69) is 42.6 Å². The summed E-state index contributed by atoms with van der Waals surface area (Å²) in [6.45, 7) is 4.47. The van der Waals surface area contributed by atoms with E-state index in [0.29, 0.717) is 0 Å². The Labute approximate surface area is 164 Å². The second-order valence-corrected chi connectivity index (χ2v) is 7.97. The molecule has 0 saturated heterocycles. The van der Waals surface area contributed by atoms with Crippen LogP contribution in [0.2, 0.25) is 0 Å². The van der Waals surface area contributed by atoms with Gasteiger partial charge in [0.15, 0.2) is 0 Å². The molecule has 1 N–H and O–H groups in total. The van der Waals surface area contributed by atoms with E-state index >= 15 is 0 Å². The van der Waals surface area contributed by atoms with Gasteiger partial charge in [-0.05, 0) is 18.5 Å². The Balaban J connectivity index is 1.68. The zero-order chi connectivity index (χ0) is 18.5. The van der Waals surface area contributed by atoms with E-state index in [1.54, 1.807) is 0 Å². The Morgan fingerprint density at radius 1 is 0.538 bits per heavy atom. The molecule has 0 atom stereocenters. The van der Waals surface area contributed by atoms with E-state index in [-0.39, 0.29) is 0 Å². The van der Waals surface area contributed by atoms with E-state index < -0.39 is 0 Å². The fourth-order valence-electron chi connectivity index (χ4n) is 3.63. The third kappa shape index (κ3) is 15.4. The molecule has 0 bridgehead atoms. The molecule has 0 fully saturated rings. The van der Waals surface area contributed by atoms with Crippen molar-refractivity contribution in [2.24, 2.45) is 0 Å². The third-order valence-electron chi connectivity index (χ3n) is 5.38. The summed E-state index contributed by atoms with van der Waals surface area (Å²) in [4.78, 5) is 0. The lowest BCUT2D eigenvalue weighted by Crippen LogP contribution is -2.14. The van der Waals surface area contributed by atoms with Crippen LogP contribution in [-0.4, -0.2) is 6.54 Å². The molecule has 1 nitrogen and oxygen atoms in total. The van der Waals surface area contributed by atoms with Crippen molar-refractivity contribution in [3.8, 4) is 0 Å². The molecule has 0 aliphatic rings. The average molecular weight is 360 g/mol. The monoisotopic (exact) mass is 359 g/mol. The number of hydrogen-bond donors (Lipinski definition) is 1. The maximum Gasteiger partial charge on any atom is 0.0205 e. The van der Waals surface area contributed by atoms with Crippen molar-refractivity contribution in [3.63, 3.8) is 0 Å². The highest BCUT2D eigenvalue weighted by Crippen LogP contribution is 2.13. The van der Waals surface area contributed by atoms with Gasteiger partial charge in [0.1, 0.15) is 0 Å². The van der Waals surface area contributed by atoms with Crippen LogP contribution < -0.4 is 5.32 Å². The Hall–Kier alpha value is -0.820. The van der Waals surface area contributed by atoms with E-state index in [1.165, 1.54) is 108 Å². The van der Waals surface area contributed by atoms with Crippen molar-refractivity contribution in [3.05, 3.63) is 35.9 Å². The zero-order valence-corrected chi connectivity index (χ0v) is 17.6. The predicted octanol–water partition coefficient (Wildman–Crippen LogP) is 8.04. The molecule has 0 aromatic heterocycles. The lowest BCUT2D eigenvalue weighted by molar-refractivity contribution is 0.525. The highest BCUT2D eigenvalue weighted by molar-refractivity contribution is 5.14. The van der Waals surface area contributed by atoms with Gasteiger partial charge in [-0.25, -0.2) is 0 Å². The van der Waals surface area contributed by atoms with Gasteiger partial charge < -0.3 is 5.32 Å². The van der Waals surface area contributed by atoms with Gasteiger partial charge in [0.05, 0.1) is 0 Å². The first-order valence-corrected chi connectivity index (χ1v) is 11.7. The van der Waals surface area contributed by atoms with E-state index in [9.17, 15) is 0 Å². The van der Waals surface area contributed by atoms with Crippen LogP contribution in [0.25, 0.3) is 0 Å². The van der Waals surface area contributed by atoms with Crippen LogP contribution in [0.4, 0.5) is 0 Å². The Morgan fingerprint density at radius 2 is 0.962 bits per heavy atom. The van der Waals surface area contributed by atoms with Crippen molar-refractivity contribution in [1.29, 1.82) is 0 Å². The topological polar surface area (TPSA) is 12.0 Å². The van der Waals surface area contributed by atoms with Crippen molar-refractivity contribution in [1.82, 2.24) is 5.32 Å². The van der Waals surface area contributed by atoms with Gasteiger partial charge in [-0.2, -0.15) is 0 Å². The van der Waals surface area contributed by atoms with Gasteiger partial charge in [-0.15, -0.1) is 0 Å². The standard InChI is InChI=1S/C25H45N/c1-2-3-4-5-6-7-8-9-10-11-12-13-14-15-16-20-23-26-24-25-21-18-17-19-22-25/h17-19,21-22,26H,2-16,20,23-24H2,1H3. The van der Waals surface area contributed by atoms with Crippen molar-refractivity contribution >= 4 is 0 Å². The normalized spacial score (nSPS) is 11.1. The van der Waals surface area contributed by atoms with Crippen LogP contribution >= 0.6 is 0 Å². The van der Waals surface area contributed by atoms with Crippen LogP contribution in [0, 0.1) is 0 Å². The Kier molecular flexibility index (Phi) is 16.9. The SMILES string of the molecule is CCCCCCCCCCCCCCCCCCNCc1ccccc1. The minimum absolute atomic E-state index is 1.01. The first-order valence-electron chi connectivity index (χ1n) is 11.7. The third-order valence-corrected chi connectivity index (χ3v) is 5.38. The molecule has 0 unspecified atom stereocenters. The summed E-state index contributed by atoms with van der Waals surface area (Å²) < 4.78 is 0. The Bertz CT molecular complexity index is 373. The number of nitrogens with one attached hydrogen (secondary N) is 1. The summed E-state index contributed by atoms with van der Waals surface area (Å²) in [5, 5.41) is 3.55. The summed E-state index contributed by atoms with van der Waals surface area (Å²) in [6, 6.07) is 10.7. The fourth-order valence-corrected chi connectivity index (χ4v) is 3.63. The second-order valence-electron chi connectivity index (χ2n) is 7.97. The summed E-state index contributed by atoms with van der Waals surface area (Å²) in [5.74, 6) is 0. The van der Waals surface area contributed by atoms with Gasteiger partial charge in [-0.3, -0.25) is 0 Å². The molecule has 1 heteroatoms. The quantitative estimate of drug-likeness (QED) is 0.246. The van der Waals surface area contributed by atoms with E-state index in [4.69, 9.17) is 0 Å². The Morgan fingerprint density at radius 3 is 1.42 bits per heavy atom. The first kappa shape index (κ1) is 23.2. The molecule has 1 aromatic carbocycles. The highest BCUT2D eigenvalue weighted by Gasteiger charge is 1.95. The summed E-state index contributed by atoms with van der Waals surface area (Å²) in [5.41, 5.74) is 1.39. The molecule has 150 valence electrons. The first-order chi connectivity index (χ1) is 12.9. The molecule has 0 spiro atoms. The van der Waals surface area contributed by atoms with Crippen LogP contribution in [0.5, 0.6) is 0 Å². The molecule has 0 aliphatic carbocycles. The largest absolute Gasteiger partial charge is 0.313 e. The molecule has 0 saturated carbocycles. The van der Waals surface area contributed by atoms with Gasteiger partial charge in [0, 0.05) is 6.54 Å². The molecular weight excluding hydrogens is 314 g/mol. The fraction of sp³-hybridized carbons (Fsp3) is 0.760. The van der Waals surface area contributed by atoms with Crippen LogP contribution in [-0.2, 0) is 6.54 Å². The molecule has 0 radical (unpaired) electrons. The van der Waals surface area contributed by atoms with Gasteiger partial charge in [-0.1, -0.05) is 134 Å². The van der Waals surface area contributed by atoms with Gasteiger partial charge in [0.2, 0.25) is 0 Å². The molecule has 0 heterocycles. The van der Waals surface area contributed by atoms with Crippen LogP contribution in [0.15, 0.2) is 30.3 Å². The molecule has 1 rings (SSSR count). The lowest BCUT2D eigenvalue weighted by Gasteiger charge is -2.05. The van der Waals surface area contributed by atoms with Gasteiger partial charge in [0.25, 0.3) is 0 Å². The van der Waals surface area contributed by atoms with Gasteiger partial charge >= 0.3 is 0 Å². The minimum atomic E-state index is 1.01. The molecular formula is C25H45N. The van der Waals surface area contributed by atoms with Crippen molar-refractivity contribution < 1.29 is 0 Å². The number of hydrogen-bond acceptors (Lipinski definition) is 1. The highest BCUT2D eigenvalue weighted by atomic mass is 14.8. The molecule has 26 heavy (non-hydrogen) atoms. The number of benzene rings is 1. The number of rotatable bonds is 19. The van der Waals surface area contributed by atoms with Crippen molar-refractivity contribution in [2.75, 3.05) is 6.54 Å². The van der Waals surface area contributed by atoms with Crippen molar-refractivity contribution in [2.45, 2.75) is 116 Å². The minimum Gasteiger partial charge on any atom is -0.313 e.